The fourth-order valence-electron chi connectivity index (χ4n) is 4.74. The van der Waals surface area contributed by atoms with Gasteiger partial charge in [0.05, 0.1) is 12.1 Å². The number of benzene rings is 2. The summed E-state index contributed by atoms with van der Waals surface area (Å²) >= 11 is 0. The van der Waals surface area contributed by atoms with Crippen molar-refractivity contribution in [1.29, 1.82) is 0 Å². The number of amidine groups is 1. The third-order valence-electron chi connectivity index (χ3n) is 6.51. The zero-order chi connectivity index (χ0) is 22.9. The third-order valence-corrected chi connectivity index (χ3v) is 6.51. The largest absolute Gasteiger partial charge is 0.321 e. The van der Waals surface area contributed by atoms with Crippen molar-refractivity contribution in [2.45, 2.75) is 38.8 Å². The molecule has 7 heteroatoms. The second-order valence-corrected chi connectivity index (χ2v) is 8.67. The van der Waals surface area contributed by atoms with Crippen LogP contribution < -0.4 is 4.90 Å². The Kier molecular flexibility index (Phi) is 5.22. The Morgan fingerprint density at radius 2 is 1.79 bits per heavy atom. The van der Waals surface area contributed by atoms with E-state index in [-0.39, 0.29) is 5.91 Å². The SMILES string of the molecule is O=C(N=C1c2ccccc2CN1c1ccc(-c2nnc3n2CCCCC3)cc1)c1cccnc1. The number of aromatic nitrogens is 4. The minimum absolute atomic E-state index is 0.299. The first-order chi connectivity index (χ1) is 16.8. The number of fused-ring (bicyclic) bond motifs is 2. The Hall–Kier alpha value is -4.13. The van der Waals surface area contributed by atoms with Gasteiger partial charge in [-0.3, -0.25) is 9.78 Å². The number of aryl methyl sites for hydroxylation is 1. The number of rotatable bonds is 3. The molecule has 0 saturated heterocycles. The molecule has 6 rings (SSSR count). The Morgan fingerprint density at radius 1 is 0.912 bits per heavy atom. The number of anilines is 1. The van der Waals surface area contributed by atoms with E-state index < -0.39 is 0 Å². The molecule has 7 nitrogen and oxygen atoms in total. The Balaban J connectivity index is 1.34. The summed E-state index contributed by atoms with van der Waals surface area (Å²) in [6.07, 6.45) is 7.75. The number of nitrogens with zero attached hydrogens (tertiary/aromatic N) is 6. The van der Waals surface area contributed by atoms with E-state index in [1.165, 1.54) is 12.8 Å². The molecule has 0 saturated carbocycles. The second kappa shape index (κ2) is 8.67. The highest BCUT2D eigenvalue weighted by Crippen LogP contribution is 2.31. The van der Waals surface area contributed by atoms with Crippen molar-refractivity contribution in [2.24, 2.45) is 4.99 Å². The van der Waals surface area contributed by atoms with Crippen molar-refractivity contribution in [1.82, 2.24) is 19.7 Å². The van der Waals surface area contributed by atoms with Crippen LogP contribution in [0.25, 0.3) is 11.4 Å². The normalized spacial score (nSPS) is 16.2. The molecule has 0 fully saturated rings. The average molecular weight is 449 g/mol. The molecule has 2 aromatic heterocycles. The number of pyridine rings is 1. The van der Waals surface area contributed by atoms with E-state index in [2.05, 4.69) is 60.0 Å². The number of hydrogen-bond donors (Lipinski definition) is 0. The van der Waals surface area contributed by atoms with Gasteiger partial charge in [-0.2, -0.15) is 4.99 Å². The number of carbonyl (C=O) groups is 1. The molecule has 168 valence electrons. The lowest BCUT2D eigenvalue weighted by molar-refractivity contribution is 0.100. The fraction of sp³-hybridized carbons (Fsp3) is 0.222. The molecule has 34 heavy (non-hydrogen) atoms. The van der Waals surface area contributed by atoms with Gasteiger partial charge >= 0.3 is 0 Å². The number of aliphatic imine (C=N–C) groups is 1. The zero-order valence-electron chi connectivity index (χ0n) is 18.8. The minimum Gasteiger partial charge on any atom is -0.321 e. The molecule has 0 spiro atoms. The fourth-order valence-corrected chi connectivity index (χ4v) is 4.74. The van der Waals surface area contributed by atoms with Crippen LogP contribution in [0.5, 0.6) is 0 Å². The topological polar surface area (TPSA) is 76.3 Å². The Bertz CT molecular complexity index is 1370. The summed E-state index contributed by atoms with van der Waals surface area (Å²) < 4.78 is 2.26. The molecule has 0 unspecified atom stereocenters. The van der Waals surface area contributed by atoms with Gasteiger partial charge in [0, 0.05) is 42.2 Å². The van der Waals surface area contributed by atoms with Crippen LogP contribution in [0.4, 0.5) is 5.69 Å². The van der Waals surface area contributed by atoms with Gasteiger partial charge in [0.25, 0.3) is 5.91 Å². The molecule has 0 N–H and O–H groups in total. The number of amides is 1. The summed E-state index contributed by atoms with van der Waals surface area (Å²) in [5.41, 5.74) is 4.63. The average Bonchev–Trinajstić information content (AvgIpc) is 3.37. The van der Waals surface area contributed by atoms with Crippen molar-refractivity contribution in [3.8, 4) is 11.4 Å². The molecule has 0 atom stereocenters. The van der Waals surface area contributed by atoms with Crippen LogP contribution in [-0.2, 0) is 19.5 Å². The predicted molar refractivity (Wildman–Crippen MR) is 131 cm³/mol. The van der Waals surface area contributed by atoms with Gasteiger partial charge in [-0.1, -0.05) is 30.7 Å². The molecule has 0 aliphatic carbocycles. The van der Waals surface area contributed by atoms with Crippen molar-refractivity contribution >= 4 is 17.4 Å². The van der Waals surface area contributed by atoms with E-state index in [9.17, 15) is 4.79 Å². The van der Waals surface area contributed by atoms with Gasteiger partial charge in [-0.05, 0) is 54.8 Å². The van der Waals surface area contributed by atoms with Gasteiger partial charge in [0.1, 0.15) is 11.7 Å². The van der Waals surface area contributed by atoms with Crippen molar-refractivity contribution in [3.63, 3.8) is 0 Å². The first-order valence-corrected chi connectivity index (χ1v) is 11.7. The van der Waals surface area contributed by atoms with Gasteiger partial charge in [0.15, 0.2) is 5.82 Å². The maximum Gasteiger partial charge on any atom is 0.280 e. The maximum absolute atomic E-state index is 12.9. The molecule has 2 aromatic carbocycles. The van der Waals surface area contributed by atoms with E-state index >= 15 is 0 Å². The van der Waals surface area contributed by atoms with Crippen LogP contribution in [0.3, 0.4) is 0 Å². The van der Waals surface area contributed by atoms with E-state index in [0.29, 0.717) is 17.9 Å². The third kappa shape index (κ3) is 3.69. The Labute approximate surface area is 197 Å². The van der Waals surface area contributed by atoms with Crippen LogP contribution in [-0.4, -0.2) is 31.5 Å². The van der Waals surface area contributed by atoms with Gasteiger partial charge in [-0.25, -0.2) is 0 Å². The van der Waals surface area contributed by atoms with Gasteiger partial charge in [0.2, 0.25) is 0 Å². The standard InChI is InChI=1S/C27H24N6O/c34-27(20-8-6-15-28-17-20)29-26-23-9-4-3-7-21(23)18-33(26)22-13-11-19(12-14-22)25-31-30-24-10-2-1-5-16-32(24)25/h3-4,6-9,11-15,17H,1-2,5,10,16,18H2. The summed E-state index contributed by atoms with van der Waals surface area (Å²) in [6.45, 7) is 1.63. The summed E-state index contributed by atoms with van der Waals surface area (Å²) in [5, 5.41) is 8.92. The molecule has 1 amide bonds. The van der Waals surface area contributed by atoms with Crippen LogP contribution in [0.1, 0.15) is 46.6 Å². The van der Waals surface area contributed by atoms with E-state index in [0.717, 1.165) is 53.4 Å². The molecular formula is C27H24N6O. The second-order valence-electron chi connectivity index (χ2n) is 8.67. The van der Waals surface area contributed by atoms with Gasteiger partial charge < -0.3 is 9.47 Å². The van der Waals surface area contributed by atoms with Crippen molar-refractivity contribution in [2.75, 3.05) is 4.90 Å². The van der Waals surface area contributed by atoms with E-state index in [1.807, 2.05) is 18.2 Å². The molecule has 4 heterocycles. The van der Waals surface area contributed by atoms with E-state index in [4.69, 9.17) is 0 Å². The predicted octanol–water partition coefficient (Wildman–Crippen LogP) is 4.67. The number of hydrogen-bond acceptors (Lipinski definition) is 4. The first-order valence-electron chi connectivity index (χ1n) is 11.7. The minimum atomic E-state index is -0.299. The quantitative estimate of drug-likeness (QED) is 0.455. The molecular weight excluding hydrogens is 424 g/mol. The highest BCUT2D eigenvalue weighted by Gasteiger charge is 2.27. The molecule has 2 aliphatic heterocycles. The lowest BCUT2D eigenvalue weighted by atomic mass is 10.1. The lowest BCUT2D eigenvalue weighted by Gasteiger charge is -2.19. The first kappa shape index (κ1) is 20.5. The van der Waals surface area contributed by atoms with Crippen LogP contribution in [0, 0.1) is 0 Å². The monoisotopic (exact) mass is 448 g/mol. The summed E-state index contributed by atoms with van der Waals surface area (Å²) in [5.74, 6) is 2.37. The van der Waals surface area contributed by atoms with Crippen LogP contribution in [0.2, 0.25) is 0 Å². The lowest BCUT2D eigenvalue weighted by Crippen LogP contribution is -2.25. The van der Waals surface area contributed by atoms with E-state index in [1.54, 1.807) is 24.5 Å². The maximum atomic E-state index is 12.9. The number of carbonyl (C=O) groups excluding carboxylic acids is 1. The molecule has 0 radical (unpaired) electrons. The summed E-state index contributed by atoms with van der Waals surface area (Å²) in [6, 6.07) is 19.9. The van der Waals surface area contributed by atoms with Crippen molar-refractivity contribution in [3.05, 3.63) is 95.6 Å². The van der Waals surface area contributed by atoms with Crippen LogP contribution >= 0.6 is 0 Å². The molecule has 0 bridgehead atoms. The zero-order valence-corrected chi connectivity index (χ0v) is 18.8. The molecule has 4 aromatic rings. The highest BCUT2D eigenvalue weighted by molar-refractivity contribution is 6.18. The summed E-state index contributed by atoms with van der Waals surface area (Å²) in [7, 11) is 0. The highest BCUT2D eigenvalue weighted by atomic mass is 16.1. The van der Waals surface area contributed by atoms with Gasteiger partial charge in [-0.15, -0.1) is 10.2 Å². The smallest absolute Gasteiger partial charge is 0.280 e. The van der Waals surface area contributed by atoms with Crippen molar-refractivity contribution < 1.29 is 4.79 Å². The Morgan fingerprint density at radius 3 is 2.65 bits per heavy atom. The summed E-state index contributed by atoms with van der Waals surface area (Å²) in [4.78, 5) is 23.6. The molecule has 2 aliphatic rings. The van der Waals surface area contributed by atoms with Crippen LogP contribution in [0.15, 0.2) is 78.0 Å².